The van der Waals surface area contributed by atoms with Crippen molar-refractivity contribution in [2.24, 2.45) is 0 Å². The van der Waals surface area contributed by atoms with E-state index in [1.807, 2.05) is 0 Å². The maximum atomic E-state index is 12.7. The highest BCUT2D eigenvalue weighted by molar-refractivity contribution is 7.92. The summed E-state index contributed by atoms with van der Waals surface area (Å²) < 4.78 is 39.6. The third kappa shape index (κ3) is 3.53. The van der Waals surface area contributed by atoms with Gasteiger partial charge in [-0.15, -0.1) is 0 Å². The first kappa shape index (κ1) is 16.7. The quantitative estimate of drug-likeness (QED) is 0.708. The number of imidazole rings is 1. The molecule has 25 heavy (non-hydrogen) atoms. The summed E-state index contributed by atoms with van der Waals surface area (Å²) in [6, 6.07) is 5.92. The number of rotatable bonds is 6. The molecule has 0 saturated heterocycles. The van der Waals surface area contributed by atoms with Crippen molar-refractivity contribution < 1.29 is 17.9 Å². The Hall–Kier alpha value is -3.14. The number of hydrogen-bond donors (Lipinski definition) is 1. The van der Waals surface area contributed by atoms with Crippen molar-refractivity contribution >= 4 is 15.8 Å². The zero-order chi connectivity index (χ0) is 17.9. The van der Waals surface area contributed by atoms with Crippen molar-refractivity contribution in [3.05, 3.63) is 49.3 Å². The maximum Gasteiger partial charge on any atom is 0.266 e. The van der Waals surface area contributed by atoms with E-state index in [0.717, 1.165) is 0 Å². The summed E-state index contributed by atoms with van der Waals surface area (Å²) in [5.74, 6) is 1.25. The Balaban J connectivity index is 1.93. The molecule has 9 nitrogen and oxygen atoms in total. The van der Waals surface area contributed by atoms with Crippen LogP contribution in [0.4, 0.5) is 5.82 Å². The average molecular weight is 361 g/mol. The Bertz CT molecular complexity index is 973. The van der Waals surface area contributed by atoms with E-state index in [2.05, 4.69) is 19.7 Å². The molecule has 0 spiro atoms. The van der Waals surface area contributed by atoms with Gasteiger partial charge in [0.25, 0.3) is 10.0 Å². The largest absolute Gasteiger partial charge is 0.497 e. The molecule has 1 aromatic carbocycles. The fourth-order valence-electron chi connectivity index (χ4n) is 2.13. The topological polar surface area (TPSA) is 108 Å². The molecule has 0 amide bonds. The molecule has 130 valence electrons. The number of benzene rings is 1. The van der Waals surface area contributed by atoms with Crippen molar-refractivity contribution in [2.45, 2.75) is 4.90 Å². The number of methoxy groups -OCH3 is 2. The highest BCUT2D eigenvalue weighted by Gasteiger charge is 2.21. The molecule has 2 aromatic heterocycles. The molecule has 0 atom stereocenters. The standard InChI is InChI=1S/C15H15N5O4S/c1-23-11-3-4-13(12(7-11)24-2)25(21,22)19-14-8-15(18-9-17-14)20-6-5-16-10-20/h3-10H,1-2H3,(H,17,18,19). The van der Waals surface area contributed by atoms with Crippen LogP contribution < -0.4 is 14.2 Å². The highest BCUT2D eigenvalue weighted by Crippen LogP contribution is 2.29. The van der Waals surface area contributed by atoms with Crippen molar-refractivity contribution in [3.8, 4) is 17.3 Å². The van der Waals surface area contributed by atoms with Crippen molar-refractivity contribution in [1.82, 2.24) is 19.5 Å². The lowest BCUT2D eigenvalue weighted by molar-refractivity contribution is 0.386. The Labute approximate surface area is 144 Å². The first-order valence-electron chi connectivity index (χ1n) is 7.09. The molecule has 0 aliphatic carbocycles. The lowest BCUT2D eigenvalue weighted by Gasteiger charge is -2.12. The molecular formula is C15H15N5O4S. The van der Waals surface area contributed by atoms with Gasteiger partial charge in [-0.2, -0.15) is 0 Å². The Morgan fingerprint density at radius 2 is 1.96 bits per heavy atom. The van der Waals surface area contributed by atoms with Gasteiger partial charge in [0, 0.05) is 24.5 Å². The highest BCUT2D eigenvalue weighted by atomic mass is 32.2. The van der Waals surface area contributed by atoms with E-state index < -0.39 is 10.0 Å². The van der Waals surface area contributed by atoms with Gasteiger partial charge in [0.05, 0.1) is 14.2 Å². The Morgan fingerprint density at radius 3 is 2.64 bits per heavy atom. The molecule has 0 radical (unpaired) electrons. The molecule has 3 aromatic rings. The van der Waals surface area contributed by atoms with Crippen LogP contribution in [0.2, 0.25) is 0 Å². The van der Waals surface area contributed by atoms with Gasteiger partial charge in [0.1, 0.15) is 40.7 Å². The summed E-state index contributed by atoms with van der Waals surface area (Å²) in [4.78, 5) is 11.9. The van der Waals surface area contributed by atoms with Crippen LogP contribution in [-0.4, -0.2) is 42.2 Å². The van der Waals surface area contributed by atoms with Crippen molar-refractivity contribution in [2.75, 3.05) is 18.9 Å². The molecule has 10 heteroatoms. The molecule has 1 N–H and O–H groups in total. The van der Waals surface area contributed by atoms with Crippen LogP contribution in [0.5, 0.6) is 11.5 Å². The number of ether oxygens (including phenoxy) is 2. The zero-order valence-electron chi connectivity index (χ0n) is 13.4. The van der Waals surface area contributed by atoms with Crippen LogP contribution in [0.25, 0.3) is 5.82 Å². The fourth-order valence-corrected chi connectivity index (χ4v) is 3.28. The van der Waals surface area contributed by atoms with Crippen LogP contribution in [0.3, 0.4) is 0 Å². The predicted octanol–water partition coefficient (Wildman–Crippen LogP) is 1.48. The fraction of sp³-hybridized carbons (Fsp3) is 0.133. The summed E-state index contributed by atoms with van der Waals surface area (Å²) in [6.45, 7) is 0. The molecule has 0 aliphatic rings. The number of sulfonamides is 1. The second-order valence-electron chi connectivity index (χ2n) is 4.85. The van der Waals surface area contributed by atoms with Crippen LogP contribution in [0.1, 0.15) is 0 Å². The van der Waals surface area contributed by atoms with E-state index in [1.165, 1.54) is 44.8 Å². The van der Waals surface area contributed by atoms with Gasteiger partial charge < -0.3 is 9.47 Å². The Kier molecular flexibility index (Phi) is 4.52. The number of anilines is 1. The minimum atomic E-state index is -3.91. The van der Waals surface area contributed by atoms with E-state index in [1.54, 1.807) is 23.3 Å². The predicted molar refractivity (Wildman–Crippen MR) is 89.5 cm³/mol. The van der Waals surface area contributed by atoms with Crippen LogP contribution >= 0.6 is 0 Å². The first-order valence-corrected chi connectivity index (χ1v) is 8.57. The van der Waals surface area contributed by atoms with Crippen LogP contribution in [-0.2, 0) is 10.0 Å². The third-order valence-electron chi connectivity index (χ3n) is 3.32. The average Bonchev–Trinajstić information content (AvgIpc) is 3.15. The first-order chi connectivity index (χ1) is 12.0. The van der Waals surface area contributed by atoms with E-state index >= 15 is 0 Å². The summed E-state index contributed by atoms with van der Waals surface area (Å²) in [5, 5.41) is 0. The SMILES string of the molecule is COc1ccc(S(=O)(=O)Nc2cc(-n3ccnc3)ncn2)c(OC)c1. The smallest absolute Gasteiger partial charge is 0.266 e. The molecule has 0 aliphatic heterocycles. The second-order valence-corrected chi connectivity index (χ2v) is 6.50. The zero-order valence-corrected chi connectivity index (χ0v) is 14.3. The van der Waals surface area contributed by atoms with E-state index in [4.69, 9.17) is 9.47 Å². The summed E-state index contributed by atoms with van der Waals surface area (Å²) >= 11 is 0. The summed E-state index contributed by atoms with van der Waals surface area (Å²) in [6.07, 6.45) is 6.09. The minimum Gasteiger partial charge on any atom is -0.497 e. The number of hydrogen-bond acceptors (Lipinski definition) is 7. The molecule has 0 bridgehead atoms. The van der Waals surface area contributed by atoms with Crippen LogP contribution in [0.15, 0.2) is 54.2 Å². The minimum absolute atomic E-state index is 0.0291. The van der Waals surface area contributed by atoms with E-state index in [0.29, 0.717) is 11.6 Å². The molecule has 0 fully saturated rings. The van der Waals surface area contributed by atoms with Gasteiger partial charge >= 0.3 is 0 Å². The van der Waals surface area contributed by atoms with Gasteiger partial charge in [-0.3, -0.25) is 9.29 Å². The summed E-state index contributed by atoms with van der Waals surface area (Å²) in [5.41, 5.74) is 0. The second kappa shape index (κ2) is 6.77. The summed E-state index contributed by atoms with van der Waals surface area (Å²) in [7, 11) is -1.04. The van der Waals surface area contributed by atoms with Gasteiger partial charge in [-0.1, -0.05) is 0 Å². The number of nitrogens with one attached hydrogen (secondary N) is 1. The van der Waals surface area contributed by atoms with Crippen molar-refractivity contribution in [1.29, 1.82) is 0 Å². The molecule has 3 rings (SSSR count). The third-order valence-corrected chi connectivity index (χ3v) is 4.71. The van der Waals surface area contributed by atoms with Gasteiger partial charge in [-0.05, 0) is 12.1 Å². The van der Waals surface area contributed by atoms with Crippen molar-refractivity contribution in [3.63, 3.8) is 0 Å². The van der Waals surface area contributed by atoms with E-state index in [-0.39, 0.29) is 16.5 Å². The molecule has 0 saturated carbocycles. The van der Waals surface area contributed by atoms with Gasteiger partial charge in [0.15, 0.2) is 0 Å². The number of nitrogens with zero attached hydrogens (tertiary/aromatic N) is 4. The Morgan fingerprint density at radius 1 is 1.12 bits per heavy atom. The van der Waals surface area contributed by atoms with Gasteiger partial charge in [-0.25, -0.2) is 23.4 Å². The number of aromatic nitrogens is 4. The molecular weight excluding hydrogens is 346 g/mol. The monoisotopic (exact) mass is 361 g/mol. The molecule has 2 heterocycles. The van der Waals surface area contributed by atoms with Gasteiger partial charge in [0.2, 0.25) is 0 Å². The van der Waals surface area contributed by atoms with Crippen LogP contribution in [0, 0.1) is 0 Å². The van der Waals surface area contributed by atoms with E-state index in [9.17, 15) is 8.42 Å². The maximum absolute atomic E-state index is 12.7. The lowest BCUT2D eigenvalue weighted by Crippen LogP contribution is -2.15. The normalized spacial score (nSPS) is 11.1. The lowest BCUT2D eigenvalue weighted by atomic mass is 10.3. The molecule has 0 unspecified atom stereocenters.